The van der Waals surface area contributed by atoms with Crippen LogP contribution in [0.2, 0.25) is 0 Å². The van der Waals surface area contributed by atoms with Gasteiger partial charge in [0.25, 0.3) is 0 Å². The molecule has 0 spiro atoms. The van der Waals surface area contributed by atoms with Crippen LogP contribution in [0.5, 0.6) is 0 Å². The highest BCUT2D eigenvalue weighted by Crippen LogP contribution is 2.43. The van der Waals surface area contributed by atoms with E-state index in [0.717, 1.165) is 23.5 Å². The maximum atomic E-state index is 4.86. The molecule has 2 aromatic carbocycles. The summed E-state index contributed by atoms with van der Waals surface area (Å²) in [5.74, 6) is 0.786. The van der Waals surface area contributed by atoms with Gasteiger partial charge in [0.1, 0.15) is 0 Å². The summed E-state index contributed by atoms with van der Waals surface area (Å²) >= 11 is 0. The number of benzene rings is 2. The topological polar surface area (TPSA) is 40.3 Å². The molecule has 0 fully saturated rings. The summed E-state index contributed by atoms with van der Waals surface area (Å²) in [6, 6.07) is 20.5. The second-order valence-electron chi connectivity index (χ2n) is 6.63. The molecule has 0 saturated heterocycles. The molecule has 0 saturated carbocycles. The van der Waals surface area contributed by atoms with E-state index in [-0.39, 0.29) is 6.04 Å². The molecule has 0 N–H and O–H groups in total. The van der Waals surface area contributed by atoms with Gasteiger partial charge in [0.05, 0.1) is 28.8 Å². The van der Waals surface area contributed by atoms with Gasteiger partial charge in [-0.2, -0.15) is 15.3 Å². The van der Waals surface area contributed by atoms with Gasteiger partial charge in [-0.05, 0) is 42.8 Å². The Morgan fingerprint density at radius 2 is 1.68 bits per heavy atom. The number of para-hydroxylation sites is 1. The first-order valence-electron chi connectivity index (χ1n) is 8.68. The number of azo groups is 1. The Kier molecular flexibility index (Phi) is 3.33. The van der Waals surface area contributed by atoms with Gasteiger partial charge in [-0.3, -0.25) is 5.01 Å². The molecule has 2 bridgehead atoms. The van der Waals surface area contributed by atoms with Crippen molar-refractivity contribution in [2.24, 2.45) is 27.2 Å². The zero-order valence-electron chi connectivity index (χ0n) is 13.7. The largest absolute Gasteiger partial charge is 0.258 e. The van der Waals surface area contributed by atoms with Crippen molar-refractivity contribution in [3.8, 4) is 0 Å². The van der Waals surface area contributed by atoms with Crippen molar-refractivity contribution in [1.82, 2.24) is 0 Å². The summed E-state index contributed by atoms with van der Waals surface area (Å²) in [6.45, 7) is 0. The molecular weight excluding hydrogens is 308 g/mol. The van der Waals surface area contributed by atoms with E-state index in [1.807, 2.05) is 36.4 Å². The average molecular weight is 326 g/mol. The summed E-state index contributed by atoms with van der Waals surface area (Å²) < 4.78 is 0. The van der Waals surface area contributed by atoms with Gasteiger partial charge in [0.2, 0.25) is 0 Å². The van der Waals surface area contributed by atoms with Crippen LogP contribution in [0.3, 0.4) is 0 Å². The van der Waals surface area contributed by atoms with Crippen LogP contribution < -0.4 is 5.01 Å². The monoisotopic (exact) mass is 326 g/mol. The van der Waals surface area contributed by atoms with Crippen LogP contribution in [-0.4, -0.2) is 11.8 Å². The minimum Gasteiger partial charge on any atom is -0.258 e. The van der Waals surface area contributed by atoms with Crippen LogP contribution in [0, 0.1) is 11.8 Å². The van der Waals surface area contributed by atoms with Crippen molar-refractivity contribution in [2.45, 2.75) is 12.5 Å². The van der Waals surface area contributed by atoms with Crippen LogP contribution in [0.1, 0.15) is 6.42 Å². The fraction of sp³-hybridized carbons (Fsp3) is 0.190. The summed E-state index contributed by atoms with van der Waals surface area (Å²) in [5, 5.41) is 16.0. The van der Waals surface area contributed by atoms with Crippen molar-refractivity contribution in [1.29, 1.82) is 0 Å². The third kappa shape index (κ3) is 2.50. The molecule has 0 aromatic heterocycles. The SMILES string of the molecule is C1=CC2CC3C1=NN(c1ccccc1)C3C=C2N=Nc1ccccc1. The molecule has 0 radical (unpaired) electrons. The molecular formula is C21H18N4. The molecule has 2 aliphatic carbocycles. The van der Waals surface area contributed by atoms with Gasteiger partial charge in [-0.15, -0.1) is 0 Å². The lowest BCUT2D eigenvalue weighted by molar-refractivity contribution is 0.468. The molecule has 5 rings (SSSR count). The number of anilines is 1. The first kappa shape index (κ1) is 14.3. The van der Waals surface area contributed by atoms with E-state index in [1.165, 1.54) is 5.71 Å². The van der Waals surface area contributed by atoms with Gasteiger partial charge in [0.15, 0.2) is 0 Å². The minimum absolute atomic E-state index is 0.225. The Morgan fingerprint density at radius 3 is 2.48 bits per heavy atom. The Balaban J connectivity index is 1.51. The predicted molar refractivity (Wildman–Crippen MR) is 99.9 cm³/mol. The number of rotatable bonds is 3. The normalized spacial score (nSPS) is 26.7. The number of nitrogens with zero attached hydrogens (tertiary/aromatic N) is 4. The summed E-state index contributed by atoms with van der Waals surface area (Å²) in [5.41, 5.74) is 4.23. The number of fused-ring (bicyclic) bond motifs is 1. The highest BCUT2D eigenvalue weighted by molar-refractivity contribution is 6.01. The van der Waals surface area contributed by atoms with Crippen molar-refractivity contribution in [3.63, 3.8) is 0 Å². The first-order chi connectivity index (χ1) is 12.4. The highest BCUT2D eigenvalue weighted by Gasteiger charge is 2.43. The third-order valence-electron chi connectivity index (χ3n) is 5.08. The molecule has 1 heterocycles. The Hall–Kier alpha value is -3.01. The van der Waals surface area contributed by atoms with Crippen LogP contribution in [0.15, 0.2) is 99.9 Å². The van der Waals surface area contributed by atoms with Crippen molar-refractivity contribution in [3.05, 3.63) is 84.6 Å². The molecule has 4 nitrogen and oxygen atoms in total. The van der Waals surface area contributed by atoms with Crippen LogP contribution in [-0.2, 0) is 0 Å². The van der Waals surface area contributed by atoms with Crippen molar-refractivity contribution in [2.75, 3.05) is 5.01 Å². The zero-order valence-corrected chi connectivity index (χ0v) is 13.7. The standard InChI is InChI=1S/C21H18N4/c1-3-7-16(8-4-1)22-23-20-14-21-18-13-15(20)11-12-19(18)24-25(21)17-9-5-2-6-10-17/h1-12,14-15,18,21H,13H2. The quantitative estimate of drug-likeness (QED) is 0.723. The fourth-order valence-electron chi connectivity index (χ4n) is 3.83. The molecule has 25 heavy (non-hydrogen) atoms. The first-order valence-corrected chi connectivity index (χ1v) is 8.68. The van der Waals surface area contributed by atoms with E-state index in [4.69, 9.17) is 5.10 Å². The molecule has 3 atom stereocenters. The second kappa shape index (κ2) is 5.81. The summed E-state index contributed by atoms with van der Waals surface area (Å²) in [6.07, 6.45) is 7.69. The Bertz CT molecular complexity index is 896. The number of hydrazone groups is 1. The lowest BCUT2D eigenvalue weighted by Gasteiger charge is -2.33. The van der Waals surface area contributed by atoms with Gasteiger partial charge < -0.3 is 0 Å². The average Bonchev–Trinajstić information content (AvgIpc) is 3.08. The molecule has 122 valence electrons. The van der Waals surface area contributed by atoms with E-state index in [9.17, 15) is 0 Å². The number of hydrogen-bond acceptors (Lipinski definition) is 4. The lowest BCUT2D eigenvalue weighted by atomic mass is 9.75. The van der Waals surface area contributed by atoms with E-state index in [2.05, 4.69) is 57.7 Å². The molecule has 2 aromatic rings. The molecule has 3 unspecified atom stereocenters. The van der Waals surface area contributed by atoms with Crippen molar-refractivity contribution >= 4 is 17.1 Å². The van der Waals surface area contributed by atoms with Crippen LogP contribution in [0.25, 0.3) is 0 Å². The predicted octanol–water partition coefficient (Wildman–Crippen LogP) is 5.10. The zero-order chi connectivity index (χ0) is 16.6. The number of allylic oxidation sites excluding steroid dienone is 2. The summed E-state index contributed by atoms with van der Waals surface area (Å²) in [7, 11) is 0. The molecule has 1 aliphatic heterocycles. The van der Waals surface area contributed by atoms with E-state index in [0.29, 0.717) is 11.8 Å². The Labute approximate surface area is 146 Å². The minimum atomic E-state index is 0.225. The third-order valence-corrected chi connectivity index (χ3v) is 5.08. The maximum Gasteiger partial charge on any atom is 0.0856 e. The molecule has 3 aliphatic rings. The van der Waals surface area contributed by atoms with E-state index < -0.39 is 0 Å². The van der Waals surface area contributed by atoms with Crippen LogP contribution >= 0.6 is 0 Å². The molecule has 0 amide bonds. The van der Waals surface area contributed by atoms with Gasteiger partial charge in [-0.1, -0.05) is 42.5 Å². The van der Waals surface area contributed by atoms with Gasteiger partial charge in [-0.25, -0.2) is 0 Å². The van der Waals surface area contributed by atoms with Gasteiger partial charge >= 0.3 is 0 Å². The smallest absolute Gasteiger partial charge is 0.0856 e. The highest BCUT2D eigenvalue weighted by atomic mass is 15.5. The second-order valence-corrected chi connectivity index (χ2v) is 6.63. The Morgan fingerprint density at radius 1 is 0.920 bits per heavy atom. The maximum absolute atomic E-state index is 4.86. The van der Waals surface area contributed by atoms with Crippen LogP contribution in [0.4, 0.5) is 11.4 Å². The molecule has 4 heteroatoms. The summed E-state index contributed by atoms with van der Waals surface area (Å²) in [4.78, 5) is 0. The fourth-order valence-corrected chi connectivity index (χ4v) is 3.83. The van der Waals surface area contributed by atoms with Crippen molar-refractivity contribution < 1.29 is 0 Å². The van der Waals surface area contributed by atoms with E-state index >= 15 is 0 Å². The number of hydrogen-bond donors (Lipinski definition) is 0. The lowest BCUT2D eigenvalue weighted by Crippen LogP contribution is -2.37. The van der Waals surface area contributed by atoms with Gasteiger partial charge in [0, 0.05) is 11.8 Å². The van der Waals surface area contributed by atoms with E-state index in [1.54, 1.807) is 0 Å².